The fraction of sp³-hybridized carbons (Fsp3) is 0.429. The van der Waals surface area contributed by atoms with Crippen molar-refractivity contribution < 1.29 is 19.8 Å². The van der Waals surface area contributed by atoms with Gasteiger partial charge >= 0.3 is 0 Å². The van der Waals surface area contributed by atoms with Gasteiger partial charge in [0, 0.05) is 53.0 Å². The molecule has 5 heteroatoms. The van der Waals surface area contributed by atoms with Crippen LogP contribution in [-0.4, -0.2) is 21.8 Å². The number of allylic oxidation sites excluding steroid dienone is 4. The van der Waals surface area contributed by atoms with Gasteiger partial charge in [-0.15, -0.1) is 11.3 Å². The summed E-state index contributed by atoms with van der Waals surface area (Å²) in [5, 5.41) is 22.0. The first kappa shape index (κ1) is 23.5. The van der Waals surface area contributed by atoms with Crippen molar-refractivity contribution in [2.24, 2.45) is 10.8 Å². The zero-order valence-corrected chi connectivity index (χ0v) is 20.6. The summed E-state index contributed by atoms with van der Waals surface area (Å²) in [6.07, 6.45) is 2.11. The lowest BCUT2D eigenvalue weighted by Gasteiger charge is -2.36. The van der Waals surface area contributed by atoms with Crippen LogP contribution in [0.3, 0.4) is 0 Å². The molecule has 2 aliphatic rings. The molecule has 0 saturated heterocycles. The number of Topliss-reactive ketones (excluding diaryl/α,β-unsaturated/α-hetero) is 2. The number of carbonyl (C=O) groups is 2. The lowest BCUT2D eigenvalue weighted by atomic mass is 9.68. The largest absolute Gasteiger partial charge is 0.512 e. The molecule has 0 fully saturated rings. The van der Waals surface area contributed by atoms with Gasteiger partial charge in [-0.1, -0.05) is 58.0 Å². The predicted octanol–water partition coefficient (Wildman–Crippen LogP) is 6.82. The summed E-state index contributed by atoms with van der Waals surface area (Å²) in [4.78, 5) is 28.5. The second-order valence-electron chi connectivity index (χ2n) is 11.0. The van der Waals surface area contributed by atoms with E-state index in [4.69, 9.17) is 0 Å². The molecule has 174 valence electrons. The van der Waals surface area contributed by atoms with Gasteiger partial charge in [0.1, 0.15) is 11.5 Å². The van der Waals surface area contributed by atoms with Gasteiger partial charge in [0.2, 0.25) is 0 Å². The molecule has 0 saturated carbocycles. The number of rotatable bonds is 5. The van der Waals surface area contributed by atoms with Crippen molar-refractivity contribution >= 4 is 22.9 Å². The summed E-state index contributed by atoms with van der Waals surface area (Å²) in [6.45, 7) is 7.84. The van der Waals surface area contributed by atoms with Crippen LogP contribution in [0.5, 0.6) is 0 Å². The van der Waals surface area contributed by atoms with E-state index in [9.17, 15) is 19.8 Å². The van der Waals surface area contributed by atoms with E-state index >= 15 is 0 Å². The Hall–Kier alpha value is -2.66. The number of hydrogen-bond donors (Lipinski definition) is 2. The smallest absolute Gasteiger partial charge is 0.163 e. The van der Waals surface area contributed by atoms with E-state index in [1.54, 1.807) is 0 Å². The first-order chi connectivity index (χ1) is 15.5. The molecule has 0 radical (unpaired) electrons. The maximum absolute atomic E-state index is 13.3. The molecule has 0 spiro atoms. The Morgan fingerprint density at radius 3 is 1.79 bits per heavy atom. The monoisotopic (exact) mass is 464 g/mol. The molecule has 4 nitrogen and oxygen atoms in total. The van der Waals surface area contributed by atoms with Gasteiger partial charge in [0.25, 0.3) is 0 Å². The minimum atomic E-state index is -0.730. The molecule has 2 aromatic rings. The number of aliphatic hydroxyl groups is 2. The Morgan fingerprint density at radius 2 is 1.30 bits per heavy atom. The van der Waals surface area contributed by atoms with E-state index in [1.807, 2.05) is 58.0 Å². The second-order valence-corrected chi connectivity index (χ2v) is 12.2. The predicted molar refractivity (Wildman–Crippen MR) is 132 cm³/mol. The first-order valence-corrected chi connectivity index (χ1v) is 12.3. The van der Waals surface area contributed by atoms with Gasteiger partial charge in [-0.05, 0) is 28.5 Å². The normalized spacial score (nSPS) is 20.6. The van der Waals surface area contributed by atoms with Crippen LogP contribution in [0.1, 0.15) is 74.6 Å². The van der Waals surface area contributed by atoms with Crippen molar-refractivity contribution in [2.45, 2.75) is 65.7 Å². The Kier molecular flexibility index (Phi) is 6.12. The molecule has 1 aromatic heterocycles. The fourth-order valence-electron chi connectivity index (χ4n) is 5.13. The van der Waals surface area contributed by atoms with Crippen LogP contribution in [0.25, 0.3) is 0 Å². The van der Waals surface area contributed by atoms with Gasteiger partial charge in [-0.25, -0.2) is 0 Å². The molecular weight excluding hydrogens is 432 g/mol. The minimum absolute atomic E-state index is 0.0391. The molecular formula is C28H32O4S. The average Bonchev–Trinajstić information content (AvgIpc) is 3.12. The second kappa shape index (κ2) is 8.60. The third-order valence-corrected chi connectivity index (χ3v) is 7.71. The molecule has 1 aromatic carbocycles. The number of benzene rings is 1. The highest BCUT2D eigenvalue weighted by Crippen LogP contribution is 2.49. The molecule has 33 heavy (non-hydrogen) atoms. The summed E-state index contributed by atoms with van der Waals surface area (Å²) < 4.78 is 0. The van der Waals surface area contributed by atoms with Gasteiger partial charge in [-0.2, -0.15) is 0 Å². The summed E-state index contributed by atoms with van der Waals surface area (Å²) in [5.74, 6) is -0.949. The molecule has 0 aliphatic heterocycles. The van der Waals surface area contributed by atoms with Crippen molar-refractivity contribution in [3.8, 4) is 0 Å². The number of hydrogen-bond acceptors (Lipinski definition) is 5. The Balaban J connectivity index is 1.82. The van der Waals surface area contributed by atoms with E-state index in [-0.39, 0.29) is 45.1 Å². The van der Waals surface area contributed by atoms with Crippen molar-refractivity contribution in [3.05, 3.63) is 80.4 Å². The van der Waals surface area contributed by atoms with Crippen LogP contribution in [0.15, 0.2) is 65.1 Å². The first-order valence-electron chi connectivity index (χ1n) is 11.5. The maximum atomic E-state index is 13.3. The summed E-state index contributed by atoms with van der Waals surface area (Å²) in [5.41, 5.74) is 1.06. The van der Waals surface area contributed by atoms with Gasteiger partial charge in [0.15, 0.2) is 11.6 Å². The zero-order chi connectivity index (χ0) is 24.0. The molecule has 0 amide bonds. The molecule has 0 unspecified atom stereocenters. The van der Waals surface area contributed by atoms with Crippen LogP contribution in [0, 0.1) is 10.8 Å². The van der Waals surface area contributed by atoms with E-state index in [0.29, 0.717) is 25.7 Å². The van der Waals surface area contributed by atoms with Crippen LogP contribution in [0.2, 0.25) is 0 Å². The third-order valence-electron chi connectivity index (χ3n) is 6.56. The Labute approximate surface area is 199 Å². The number of aliphatic hydroxyl groups excluding tert-OH is 2. The zero-order valence-electron chi connectivity index (χ0n) is 19.8. The van der Waals surface area contributed by atoms with Gasteiger partial charge in [-0.3, -0.25) is 9.59 Å². The molecule has 1 heterocycles. The van der Waals surface area contributed by atoms with Gasteiger partial charge in [0.05, 0.1) is 5.92 Å². The molecule has 2 N–H and O–H groups in total. The van der Waals surface area contributed by atoms with Crippen molar-refractivity contribution in [1.82, 2.24) is 0 Å². The van der Waals surface area contributed by atoms with E-state index < -0.39 is 5.92 Å². The fourth-order valence-corrected chi connectivity index (χ4v) is 6.30. The van der Waals surface area contributed by atoms with Crippen LogP contribution in [0.4, 0.5) is 0 Å². The summed E-state index contributed by atoms with van der Waals surface area (Å²) >= 11 is 1.54. The topological polar surface area (TPSA) is 74.6 Å². The highest BCUT2D eigenvalue weighted by atomic mass is 32.1. The SMILES string of the molecule is CC1(C)CC(=O)C(C(C2=C(O)CC(C)(C)CC2=O)c2ccc(Cc3ccccc3)s2)=C(O)C1. The van der Waals surface area contributed by atoms with E-state index in [2.05, 4.69) is 12.1 Å². The standard InChI is InChI=1S/C28H32O4S/c1-27(2)13-19(29)24(20(30)14-27)26(25-21(31)15-28(3,4)16-22(25)32)23-11-10-18(33-23)12-17-8-6-5-7-9-17/h5-11,26,29,31H,12-16H2,1-4H3. The van der Waals surface area contributed by atoms with Crippen molar-refractivity contribution in [3.63, 3.8) is 0 Å². The van der Waals surface area contributed by atoms with E-state index in [0.717, 1.165) is 16.2 Å². The Morgan fingerprint density at radius 1 is 0.788 bits per heavy atom. The Bertz CT molecular complexity index is 1100. The minimum Gasteiger partial charge on any atom is -0.512 e. The molecule has 2 aliphatic carbocycles. The molecule has 0 bridgehead atoms. The average molecular weight is 465 g/mol. The number of thiophene rings is 1. The lowest BCUT2D eigenvalue weighted by molar-refractivity contribution is -0.119. The maximum Gasteiger partial charge on any atom is 0.163 e. The number of ketones is 2. The van der Waals surface area contributed by atoms with Crippen molar-refractivity contribution in [2.75, 3.05) is 0 Å². The lowest BCUT2D eigenvalue weighted by Crippen LogP contribution is -2.33. The van der Waals surface area contributed by atoms with Crippen LogP contribution >= 0.6 is 11.3 Å². The highest BCUT2D eigenvalue weighted by Gasteiger charge is 2.44. The third kappa shape index (κ3) is 4.98. The van der Waals surface area contributed by atoms with Crippen LogP contribution < -0.4 is 0 Å². The summed E-state index contributed by atoms with van der Waals surface area (Å²) in [7, 11) is 0. The van der Waals surface area contributed by atoms with Crippen LogP contribution in [-0.2, 0) is 16.0 Å². The quantitative estimate of drug-likeness (QED) is 0.509. The number of carbonyl (C=O) groups excluding carboxylic acids is 2. The van der Waals surface area contributed by atoms with Crippen molar-refractivity contribution in [1.29, 1.82) is 0 Å². The van der Waals surface area contributed by atoms with Gasteiger partial charge < -0.3 is 10.2 Å². The van der Waals surface area contributed by atoms with E-state index in [1.165, 1.54) is 16.9 Å². The highest BCUT2D eigenvalue weighted by molar-refractivity contribution is 7.12. The molecule has 0 atom stereocenters. The molecule has 4 rings (SSSR count). The summed E-state index contributed by atoms with van der Waals surface area (Å²) in [6, 6.07) is 14.1.